The summed E-state index contributed by atoms with van der Waals surface area (Å²) in [6.45, 7) is 4.64. The van der Waals surface area contributed by atoms with Gasteiger partial charge in [0.05, 0.1) is 11.6 Å². The highest BCUT2D eigenvalue weighted by molar-refractivity contribution is 7.25. The van der Waals surface area contributed by atoms with Gasteiger partial charge in [0.15, 0.2) is 17.5 Å². The van der Waals surface area contributed by atoms with Crippen LogP contribution in [0.4, 0.5) is 0 Å². The van der Waals surface area contributed by atoms with Crippen molar-refractivity contribution in [3.05, 3.63) is 161 Å². The monoisotopic (exact) mass is 766 g/mol. The number of benzene rings is 6. The summed E-state index contributed by atoms with van der Waals surface area (Å²) < 4.78 is 2.55. The predicted octanol–water partition coefficient (Wildman–Crippen LogP) is 13.2. The molecule has 58 heavy (non-hydrogen) atoms. The fraction of sp³-hybridized carbons (Fsp3) is 0.245. The van der Waals surface area contributed by atoms with Crippen LogP contribution in [0.25, 0.3) is 65.5 Å². The van der Waals surface area contributed by atoms with Crippen LogP contribution in [0.3, 0.4) is 0 Å². The Bertz CT molecular complexity index is 3010. The number of rotatable bonds is 5. The largest absolute Gasteiger partial charge is 0.208 e. The molecule has 0 amide bonds. The topological polar surface area (TPSA) is 62.5 Å². The highest BCUT2D eigenvalue weighted by Crippen LogP contribution is 2.66. The van der Waals surface area contributed by atoms with Crippen LogP contribution >= 0.6 is 11.3 Å². The van der Waals surface area contributed by atoms with E-state index in [4.69, 9.17) is 15.0 Å². The van der Waals surface area contributed by atoms with Crippen LogP contribution in [-0.4, -0.2) is 15.0 Å². The van der Waals surface area contributed by atoms with E-state index in [1.54, 1.807) is 0 Å². The molecule has 2 aromatic heterocycles. The molecule has 2 unspecified atom stereocenters. The maximum absolute atomic E-state index is 9.53. The average Bonchev–Trinajstić information content (AvgIpc) is 3.74. The first kappa shape index (κ1) is 34.1. The summed E-state index contributed by atoms with van der Waals surface area (Å²) in [4.78, 5) is 15.6. The van der Waals surface area contributed by atoms with E-state index in [9.17, 15) is 5.26 Å². The van der Waals surface area contributed by atoms with Crippen LogP contribution in [0.5, 0.6) is 0 Å². The maximum Gasteiger partial charge on any atom is 0.164 e. The van der Waals surface area contributed by atoms with E-state index >= 15 is 0 Å². The third-order valence-electron chi connectivity index (χ3n) is 14.5. The summed E-state index contributed by atoms with van der Waals surface area (Å²) in [6, 6.07) is 50.9. The third-order valence-corrected chi connectivity index (χ3v) is 15.7. The minimum Gasteiger partial charge on any atom is -0.208 e. The molecule has 4 bridgehead atoms. The molecule has 4 fully saturated rings. The van der Waals surface area contributed by atoms with Crippen molar-refractivity contribution in [3.63, 3.8) is 0 Å². The molecule has 8 aromatic rings. The fourth-order valence-corrected chi connectivity index (χ4v) is 13.6. The summed E-state index contributed by atoms with van der Waals surface area (Å²) in [5.74, 6) is 3.61. The van der Waals surface area contributed by atoms with Gasteiger partial charge in [0.25, 0.3) is 0 Å². The van der Waals surface area contributed by atoms with Gasteiger partial charge in [0, 0.05) is 42.3 Å². The van der Waals surface area contributed by atoms with Crippen molar-refractivity contribution in [2.45, 2.75) is 68.6 Å². The molecule has 0 N–H and O–H groups in total. The van der Waals surface area contributed by atoms with Gasteiger partial charge in [-0.2, -0.15) is 5.26 Å². The Morgan fingerprint density at radius 1 is 0.569 bits per heavy atom. The Labute approximate surface area is 343 Å². The summed E-state index contributed by atoms with van der Waals surface area (Å²) in [7, 11) is 0. The van der Waals surface area contributed by atoms with Crippen molar-refractivity contribution in [3.8, 4) is 51.4 Å². The average molecular weight is 767 g/mol. The maximum atomic E-state index is 9.53. The molecule has 4 saturated carbocycles. The number of nitriles is 1. The van der Waals surface area contributed by atoms with Gasteiger partial charge in [-0.25, -0.2) is 15.0 Å². The molecule has 0 radical (unpaired) electrons. The molecule has 0 saturated heterocycles. The first-order valence-electron chi connectivity index (χ1n) is 20.8. The molecule has 0 spiro atoms. The van der Waals surface area contributed by atoms with Crippen LogP contribution in [-0.2, 0) is 16.2 Å². The number of thiophene rings is 1. The molecular formula is C53H42N4S. The van der Waals surface area contributed by atoms with E-state index in [1.165, 1.54) is 92.1 Å². The zero-order valence-electron chi connectivity index (χ0n) is 32.8. The minimum absolute atomic E-state index is 0.111. The Kier molecular flexibility index (Phi) is 7.22. The summed E-state index contributed by atoms with van der Waals surface area (Å²) in [5.41, 5.74) is 12.2. The molecular weight excluding hydrogens is 725 g/mol. The van der Waals surface area contributed by atoms with Crippen LogP contribution in [0.2, 0.25) is 0 Å². The Morgan fingerprint density at radius 3 is 1.90 bits per heavy atom. The highest BCUT2D eigenvalue weighted by Gasteiger charge is 2.58. The lowest BCUT2D eigenvalue weighted by Gasteiger charge is -2.63. The van der Waals surface area contributed by atoms with E-state index in [0.717, 1.165) is 34.1 Å². The molecule has 5 aliphatic rings. The lowest BCUT2D eigenvalue weighted by atomic mass is 9.41. The highest BCUT2D eigenvalue weighted by atomic mass is 32.1. The van der Waals surface area contributed by atoms with Crippen molar-refractivity contribution in [2.24, 2.45) is 11.8 Å². The van der Waals surface area contributed by atoms with Crippen molar-refractivity contribution in [2.75, 3.05) is 0 Å². The quantitative estimate of drug-likeness (QED) is 0.175. The van der Waals surface area contributed by atoms with Gasteiger partial charge in [0.2, 0.25) is 0 Å². The van der Waals surface area contributed by atoms with Crippen molar-refractivity contribution in [1.29, 1.82) is 5.26 Å². The van der Waals surface area contributed by atoms with Crippen molar-refractivity contribution < 1.29 is 0 Å². The van der Waals surface area contributed by atoms with E-state index in [-0.39, 0.29) is 16.2 Å². The Balaban J connectivity index is 0.930. The van der Waals surface area contributed by atoms with Gasteiger partial charge in [-0.3, -0.25) is 0 Å². The molecule has 280 valence electrons. The lowest BCUT2D eigenvalue weighted by molar-refractivity contribution is -0.0280. The number of hydrogen-bond acceptors (Lipinski definition) is 5. The van der Waals surface area contributed by atoms with Gasteiger partial charge in [-0.1, -0.05) is 129 Å². The molecule has 13 rings (SSSR count). The van der Waals surface area contributed by atoms with E-state index in [0.29, 0.717) is 17.5 Å². The molecule has 5 aliphatic carbocycles. The van der Waals surface area contributed by atoms with E-state index in [1.807, 2.05) is 23.5 Å². The first-order valence-corrected chi connectivity index (χ1v) is 21.6. The molecule has 5 heteroatoms. The molecule has 6 aromatic carbocycles. The third kappa shape index (κ3) is 5.01. The Hall–Kier alpha value is -5.96. The van der Waals surface area contributed by atoms with Crippen LogP contribution in [0, 0.1) is 23.2 Å². The summed E-state index contributed by atoms with van der Waals surface area (Å²) in [5, 5.41) is 12.1. The number of hydrogen-bond donors (Lipinski definition) is 0. The minimum atomic E-state index is -0.111. The van der Waals surface area contributed by atoms with Gasteiger partial charge in [-0.05, 0) is 113 Å². The summed E-state index contributed by atoms with van der Waals surface area (Å²) >= 11 is 1.84. The smallest absolute Gasteiger partial charge is 0.164 e. The number of aromatic nitrogens is 3. The second kappa shape index (κ2) is 12.3. The standard InChI is InChI=1S/C53H42N4S/c1-51(2)43-13-7-6-11-41(43)47-42(12-8-14-44(47)51)50-56-48(35-9-4-3-5-10-35)55-49(57-50)36-16-18-37(19-17-36)52-26-33-23-34(27-52)29-53(28-33,31-52)38-20-22-40-39-21-15-32(30-54)24-45(39)58-46(40)25-38/h3-22,24-25,33-34H,23,26-29,31H2,1-2H3. The van der Waals surface area contributed by atoms with Crippen LogP contribution in [0.15, 0.2) is 133 Å². The molecule has 2 atom stereocenters. The Morgan fingerprint density at radius 2 is 1.16 bits per heavy atom. The predicted molar refractivity (Wildman–Crippen MR) is 236 cm³/mol. The number of fused-ring (bicyclic) bond motifs is 6. The van der Waals surface area contributed by atoms with E-state index in [2.05, 4.69) is 141 Å². The second-order valence-corrected chi connectivity index (χ2v) is 19.4. The van der Waals surface area contributed by atoms with Crippen LogP contribution in [0.1, 0.15) is 80.2 Å². The van der Waals surface area contributed by atoms with Gasteiger partial charge in [0.1, 0.15) is 0 Å². The van der Waals surface area contributed by atoms with Crippen LogP contribution < -0.4 is 0 Å². The van der Waals surface area contributed by atoms with Gasteiger partial charge < -0.3 is 0 Å². The summed E-state index contributed by atoms with van der Waals surface area (Å²) in [6.07, 6.45) is 7.70. The van der Waals surface area contributed by atoms with Crippen molar-refractivity contribution in [1.82, 2.24) is 15.0 Å². The first-order chi connectivity index (χ1) is 28.3. The van der Waals surface area contributed by atoms with Crippen molar-refractivity contribution >= 4 is 31.5 Å². The fourth-order valence-electron chi connectivity index (χ4n) is 12.4. The molecule has 2 heterocycles. The number of nitrogens with zero attached hydrogens (tertiary/aromatic N) is 4. The SMILES string of the molecule is CC1(C)c2ccccc2-c2c(-c3nc(-c4ccccc4)nc(-c4ccc(C56CC7CC(C5)CC(c5ccc8c(c5)sc5cc(C#N)ccc58)(C7)C6)cc4)n3)cccc21. The van der Waals surface area contributed by atoms with Gasteiger partial charge >= 0.3 is 0 Å². The zero-order chi connectivity index (χ0) is 38.8. The second-order valence-electron chi connectivity index (χ2n) is 18.3. The normalized spacial score (nSPS) is 23.5. The zero-order valence-corrected chi connectivity index (χ0v) is 33.6. The van der Waals surface area contributed by atoms with Gasteiger partial charge in [-0.15, -0.1) is 11.3 Å². The molecule has 0 aliphatic heterocycles. The molecule has 4 nitrogen and oxygen atoms in total. The lowest BCUT2D eigenvalue weighted by Crippen LogP contribution is -2.55. The van der Waals surface area contributed by atoms with E-state index < -0.39 is 0 Å².